The molecule has 3 heteroatoms. The first-order valence-electron chi connectivity index (χ1n) is 4.74. The summed E-state index contributed by atoms with van der Waals surface area (Å²) in [7, 11) is 2.02. The van der Waals surface area contributed by atoms with Crippen LogP contribution in [0.2, 0.25) is 0 Å². The molecule has 0 aromatic carbocycles. The molecule has 0 N–H and O–H groups in total. The van der Waals surface area contributed by atoms with Gasteiger partial charge in [-0.25, -0.2) is 4.79 Å². The van der Waals surface area contributed by atoms with E-state index >= 15 is 0 Å². The van der Waals surface area contributed by atoms with Gasteiger partial charge in [0.25, 0.3) is 0 Å². The molecule has 0 aromatic rings. The normalized spacial score (nSPS) is 20.4. The van der Waals surface area contributed by atoms with Crippen molar-refractivity contribution >= 4 is 5.97 Å². The Bertz CT molecular complexity index is 233. The van der Waals surface area contributed by atoms with Crippen LogP contribution in [0.4, 0.5) is 0 Å². The summed E-state index contributed by atoms with van der Waals surface area (Å²) in [6, 6.07) is 0. The molecule has 1 fully saturated rings. The van der Waals surface area contributed by atoms with Gasteiger partial charge >= 0.3 is 5.97 Å². The molecule has 74 valence electrons. The molecule has 0 spiro atoms. The van der Waals surface area contributed by atoms with Crippen molar-refractivity contribution in [1.82, 2.24) is 4.90 Å². The van der Waals surface area contributed by atoms with Crippen molar-refractivity contribution in [2.75, 3.05) is 20.2 Å². The van der Waals surface area contributed by atoms with Gasteiger partial charge in [-0.05, 0) is 26.7 Å². The second-order valence-electron chi connectivity index (χ2n) is 3.32. The predicted molar refractivity (Wildman–Crippen MR) is 51.2 cm³/mol. The van der Waals surface area contributed by atoms with Crippen LogP contribution >= 0.6 is 0 Å². The zero-order valence-corrected chi connectivity index (χ0v) is 8.59. The number of allylic oxidation sites excluding steroid dienone is 1. The third-order valence-electron chi connectivity index (χ3n) is 2.38. The number of likely N-dealkylation sites (tertiary alicyclic amines) is 1. The lowest BCUT2D eigenvalue weighted by molar-refractivity contribution is -0.138. The van der Waals surface area contributed by atoms with Crippen LogP contribution in [0, 0.1) is 0 Å². The topological polar surface area (TPSA) is 29.5 Å². The summed E-state index contributed by atoms with van der Waals surface area (Å²) in [6.45, 7) is 5.17. The van der Waals surface area contributed by atoms with Crippen LogP contribution in [-0.4, -0.2) is 31.1 Å². The number of hydrogen-bond acceptors (Lipinski definition) is 3. The molecule has 1 aliphatic rings. The Kier molecular flexibility index (Phi) is 3.34. The third-order valence-corrected chi connectivity index (χ3v) is 2.38. The molecule has 3 nitrogen and oxygen atoms in total. The molecule has 1 saturated heterocycles. The number of carbonyl (C=O) groups excluding carboxylic acids is 1. The van der Waals surface area contributed by atoms with Crippen molar-refractivity contribution in [3.63, 3.8) is 0 Å². The van der Waals surface area contributed by atoms with Gasteiger partial charge in [-0.2, -0.15) is 0 Å². The minimum absolute atomic E-state index is 0.175. The highest BCUT2D eigenvalue weighted by Gasteiger charge is 2.19. The number of esters is 1. The first-order chi connectivity index (χ1) is 6.16. The maximum absolute atomic E-state index is 11.4. The molecule has 0 bridgehead atoms. The van der Waals surface area contributed by atoms with Crippen molar-refractivity contribution in [2.24, 2.45) is 0 Å². The number of rotatable bonds is 2. The number of hydrogen-bond donors (Lipinski definition) is 0. The summed E-state index contributed by atoms with van der Waals surface area (Å²) in [5, 5.41) is 0. The van der Waals surface area contributed by atoms with Crippen LogP contribution in [0.15, 0.2) is 11.3 Å². The highest BCUT2D eigenvalue weighted by atomic mass is 16.5. The average molecular weight is 183 g/mol. The molecule has 1 rings (SSSR count). The summed E-state index contributed by atoms with van der Waals surface area (Å²) in [5.41, 5.74) is 1.90. The van der Waals surface area contributed by atoms with Gasteiger partial charge in [-0.3, -0.25) is 0 Å². The minimum atomic E-state index is -0.175. The van der Waals surface area contributed by atoms with E-state index in [2.05, 4.69) is 4.90 Å². The van der Waals surface area contributed by atoms with Crippen molar-refractivity contribution in [3.05, 3.63) is 11.3 Å². The summed E-state index contributed by atoms with van der Waals surface area (Å²) >= 11 is 0. The van der Waals surface area contributed by atoms with E-state index in [-0.39, 0.29) is 5.97 Å². The van der Waals surface area contributed by atoms with Crippen LogP contribution < -0.4 is 0 Å². The summed E-state index contributed by atoms with van der Waals surface area (Å²) < 4.78 is 4.94. The molecule has 13 heavy (non-hydrogen) atoms. The molecule has 0 aliphatic carbocycles. The van der Waals surface area contributed by atoms with E-state index in [1.54, 1.807) is 0 Å². The van der Waals surface area contributed by atoms with Crippen molar-refractivity contribution in [1.29, 1.82) is 0 Å². The van der Waals surface area contributed by atoms with Crippen LogP contribution in [0.5, 0.6) is 0 Å². The van der Waals surface area contributed by atoms with Crippen molar-refractivity contribution in [2.45, 2.75) is 26.7 Å². The van der Waals surface area contributed by atoms with Gasteiger partial charge in [-0.15, -0.1) is 0 Å². The fourth-order valence-electron chi connectivity index (χ4n) is 1.64. The summed E-state index contributed by atoms with van der Waals surface area (Å²) in [4.78, 5) is 13.5. The molecule has 0 aromatic heterocycles. The SMILES string of the molecule is CCOC(=O)/C(C)=C1\CCCN1C. The Hall–Kier alpha value is -0.990. The Morgan fingerprint density at radius 1 is 1.62 bits per heavy atom. The van der Waals surface area contributed by atoms with Gasteiger partial charge in [0.1, 0.15) is 0 Å². The lowest BCUT2D eigenvalue weighted by Crippen LogP contribution is -2.16. The minimum Gasteiger partial charge on any atom is -0.463 e. The molecule has 1 heterocycles. The van der Waals surface area contributed by atoms with Gasteiger partial charge in [0.05, 0.1) is 12.2 Å². The van der Waals surface area contributed by atoms with Crippen LogP contribution in [0.25, 0.3) is 0 Å². The Labute approximate surface area is 79.4 Å². The van der Waals surface area contributed by atoms with Crippen LogP contribution in [0.3, 0.4) is 0 Å². The van der Waals surface area contributed by atoms with Gasteiger partial charge in [0.2, 0.25) is 0 Å². The van der Waals surface area contributed by atoms with Gasteiger partial charge < -0.3 is 9.64 Å². The number of nitrogens with zero attached hydrogens (tertiary/aromatic N) is 1. The highest BCUT2D eigenvalue weighted by molar-refractivity contribution is 5.88. The summed E-state index contributed by atoms with van der Waals surface area (Å²) in [5.74, 6) is -0.175. The number of ether oxygens (including phenoxy) is 1. The van der Waals surface area contributed by atoms with E-state index < -0.39 is 0 Å². The van der Waals surface area contributed by atoms with Crippen LogP contribution in [0.1, 0.15) is 26.7 Å². The fraction of sp³-hybridized carbons (Fsp3) is 0.700. The zero-order chi connectivity index (χ0) is 9.84. The monoisotopic (exact) mass is 183 g/mol. The average Bonchev–Trinajstić information content (AvgIpc) is 2.50. The second kappa shape index (κ2) is 4.30. The standard InChI is InChI=1S/C10H17NO2/c1-4-13-10(12)8(2)9-6-5-7-11(9)3/h4-7H2,1-3H3/b9-8+. The molecule has 0 radical (unpaired) electrons. The van der Waals surface area contributed by atoms with E-state index in [1.165, 1.54) is 0 Å². The van der Waals surface area contributed by atoms with E-state index in [1.807, 2.05) is 20.9 Å². The lowest BCUT2D eigenvalue weighted by atomic mass is 10.2. The third kappa shape index (κ3) is 2.23. The van der Waals surface area contributed by atoms with Crippen LogP contribution in [-0.2, 0) is 9.53 Å². The van der Waals surface area contributed by atoms with Gasteiger partial charge in [0, 0.05) is 19.3 Å². The van der Waals surface area contributed by atoms with E-state index in [0.717, 1.165) is 30.7 Å². The smallest absolute Gasteiger partial charge is 0.335 e. The molecule has 1 aliphatic heterocycles. The summed E-state index contributed by atoms with van der Waals surface area (Å²) in [6.07, 6.45) is 2.14. The maximum Gasteiger partial charge on any atom is 0.335 e. The van der Waals surface area contributed by atoms with E-state index in [0.29, 0.717) is 6.61 Å². The molecule has 0 unspecified atom stereocenters. The van der Waals surface area contributed by atoms with Crippen molar-refractivity contribution in [3.8, 4) is 0 Å². The molecule has 0 saturated carbocycles. The van der Waals surface area contributed by atoms with E-state index in [4.69, 9.17) is 4.74 Å². The van der Waals surface area contributed by atoms with Gasteiger partial charge in [-0.1, -0.05) is 0 Å². The quantitative estimate of drug-likeness (QED) is 0.480. The molecular weight excluding hydrogens is 166 g/mol. The molecular formula is C10H17NO2. The van der Waals surface area contributed by atoms with Crippen molar-refractivity contribution < 1.29 is 9.53 Å². The second-order valence-corrected chi connectivity index (χ2v) is 3.32. The number of carbonyl (C=O) groups is 1. The lowest BCUT2D eigenvalue weighted by Gasteiger charge is -2.15. The predicted octanol–water partition coefficient (Wildman–Crippen LogP) is 1.55. The Morgan fingerprint density at radius 3 is 2.77 bits per heavy atom. The van der Waals surface area contributed by atoms with Gasteiger partial charge in [0.15, 0.2) is 0 Å². The first-order valence-corrected chi connectivity index (χ1v) is 4.74. The Morgan fingerprint density at radius 2 is 2.31 bits per heavy atom. The Balaban J connectivity index is 2.72. The molecule has 0 amide bonds. The zero-order valence-electron chi connectivity index (χ0n) is 8.59. The molecule has 0 atom stereocenters. The highest BCUT2D eigenvalue weighted by Crippen LogP contribution is 2.22. The first kappa shape index (κ1) is 10.1. The largest absolute Gasteiger partial charge is 0.463 e. The van der Waals surface area contributed by atoms with E-state index in [9.17, 15) is 4.79 Å². The maximum atomic E-state index is 11.4. The fourth-order valence-corrected chi connectivity index (χ4v) is 1.64.